The lowest BCUT2D eigenvalue weighted by atomic mass is 10.0. The normalized spacial score (nSPS) is 16.2. The van der Waals surface area contributed by atoms with Crippen molar-refractivity contribution in [1.82, 2.24) is 9.80 Å². The molecule has 1 heterocycles. The largest absolute Gasteiger partial charge is 0.340 e. The van der Waals surface area contributed by atoms with Crippen molar-refractivity contribution in [3.8, 4) is 11.1 Å². The molecular weight excluding hydrogens is 326 g/mol. The first kappa shape index (κ1) is 18.1. The van der Waals surface area contributed by atoms with Gasteiger partial charge in [-0.25, -0.2) is 0 Å². The number of piperazine rings is 1. The van der Waals surface area contributed by atoms with Gasteiger partial charge in [0, 0.05) is 44.4 Å². The number of carbonyl (C=O) groups excluding carboxylic acids is 2. The molecule has 1 saturated heterocycles. The average molecular weight is 351 g/mol. The third-order valence-electron chi connectivity index (χ3n) is 4.96. The van der Waals surface area contributed by atoms with Gasteiger partial charge in [0.2, 0.25) is 11.8 Å². The van der Waals surface area contributed by atoms with E-state index in [1.807, 2.05) is 66.4 Å². The first-order chi connectivity index (χ1) is 12.6. The van der Waals surface area contributed by atoms with Crippen LogP contribution in [0.1, 0.15) is 13.8 Å². The summed E-state index contributed by atoms with van der Waals surface area (Å²) in [4.78, 5) is 28.2. The molecule has 0 aromatic heterocycles. The summed E-state index contributed by atoms with van der Waals surface area (Å²) in [6.45, 7) is 6.29. The quantitative estimate of drug-likeness (QED) is 0.922. The Bertz CT molecular complexity index is 768. The van der Waals surface area contributed by atoms with E-state index in [1.165, 1.54) is 0 Å². The molecule has 0 unspecified atom stereocenters. The summed E-state index contributed by atoms with van der Waals surface area (Å²) in [6, 6.07) is 17.6. The van der Waals surface area contributed by atoms with E-state index in [0.29, 0.717) is 26.2 Å². The Labute approximate surface area is 154 Å². The van der Waals surface area contributed by atoms with Crippen LogP contribution in [0.25, 0.3) is 11.1 Å². The molecule has 1 fully saturated rings. The monoisotopic (exact) mass is 351 g/mol. The van der Waals surface area contributed by atoms with Crippen LogP contribution in [0.2, 0.25) is 0 Å². The van der Waals surface area contributed by atoms with E-state index >= 15 is 0 Å². The maximum Gasteiger partial charge on any atom is 0.241 e. The first-order valence-electron chi connectivity index (χ1n) is 9.01. The lowest BCUT2D eigenvalue weighted by Crippen LogP contribution is -2.53. The molecular formula is C21H25N3O2. The predicted octanol–water partition coefficient (Wildman–Crippen LogP) is 2.84. The zero-order valence-electron chi connectivity index (χ0n) is 15.3. The number of carbonyl (C=O) groups is 2. The number of rotatable bonds is 4. The Hall–Kier alpha value is -2.66. The molecule has 0 spiro atoms. The fourth-order valence-electron chi connectivity index (χ4n) is 3.29. The van der Waals surface area contributed by atoms with Gasteiger partial charge >= 0.3 is 0 Å². The predicted molar refractivity (Wildman–Crippen MR) is 104 cm³/mol. The van der Waals surface area contributed by atoms with E-state index in [1.54, 1.807) is 6.92 Å². The molecule has 0 aliphatic carbocycles. The lowest BCUT2D eigenvalue weighted by Gasteiger charge is -2.37. The van der Waals surface area contributed by atoms with Crippen molar-refractivity contribution >= 4 is 17.5 Å². The number of anilines is 1. The molecule has 0 saturated carbocycles. The third-order valence-corrected chi connectivity index (χ3v) is 4.96. The van der Waals surface area contributed by atoms with Crippen LogP contribution in [-0.2, 0) is 9.59 Å². The van der Waals surface area contributed by atoms with Crippen LogP contribution in [-0.4, -0.2) is 53.8 Å². The van der Waals surface area contributed by atoms with E-state index in [9.17, 15) is 9.59 Å². The highest BCUT2D eigenvalue weighted by atomic mass is 16.2. The molecule has 0 bridgehead atoms. The standard InChI is InChI=1S/C21H25N3O2/c1-16(23-12-14-24(15-13-23)17(2)25)21(26)22-20-11-7-6-10-19(20)18-8-4-3-5-9-18/h3-11,16H,12-15H2,1-2H3,(H,22,26)/t16-/m0/s1. The van der Waals surface area contributed by atoms with Crippen molar-refractivity contribution < 1.29 is 9.59 Å². The highest BCUT2D eigenvalue weighted by Gasteiger charge is 2.26. The molecule has 5 heteroatoms. The number of para-hydroxylation sites is 1. The van der Waals surface area contributed by atoms with E-state index < -0.39 is 0 Å². The Morgan fingerprint density at radius 1 is 0.923 bits per heavy atom. The van der Waals surface area contributed by atoms with Crippen LogP contribution in [0.4, 0.5) is 5.69 Å². The summed E-state index contributed by atoms with van der Waals surface area (Å²) in [5, 5.41) is 3.08. The summed E-state index contributed by atoms with van der Waals surface area (Å²) < 4.78 is 0. The Morgan fingerprint density at radius 2 is 1.54 bits per heavy atom. The highest BCUT2D eigenvalue weighted by Crippen LogP contribution is 2.27. The van der Waals surface area contributed by atoms with E-state index in [-0.39, 0.29) is 17.9 Å². The van der Waals surface area contributed by atoms with Gasteiger partial charge in [-0.05, 0) is 18.6 Å². The Kier molecular flexibility index (Phi) is 5.68. The molecule has 3 rings (SSSR count). The van der Waals surface area contributed by atoms with Gasteiger partial charge in [0.15, 0.2) is 0 Å². The second-order valence-electron chi connectivity index (χ2n) is 6.62. The minimum absolute atomic E-state index is 0.0235. The van der Waals surface area contributed by atoms with E-state index in [0.717, 1.165) is 16.8 Å². The van der Waals surface area contributed by atoms with Gasteiger partial charge in [0.1, 0.15) is 0 Å². The molecule has 1 atom stereocenters. The van der Waals surface area contributed by atoms with Crippen molar-refractivity contribution in [2.45, 2.75) is 19.9 Å². The number of benzene rings is 2. The number of nitrogens with one attached hydrogen (secondary N) is 1. The van der Waals surface area contributed by atoms with Gasteiger partial charge in [0.25, 0.3) is 0 Å². The van der Waals surface area contributed by atoms with Crippen molar-refractivity contribution in [3.63, 3.8) is 0 Å². The second-order valence-corrected chi connectivity index (χ2v) is 6.62. The maximum absolute atomic E-state index is 12.8. The van der Waals surface area contributed by atoms with Crippen LogP contribution in [0.3, 0.4) is 0 Å². The third kappa shape index (κ3) is 4.11. The zero-order chi connectivity index (χ0) is 18.5. The van der Waals surface area contributed by atoms with Crippen LogP contribution in [0.5, 0.6) is 0 Å². The smallest absolute Gasteiger partial charge is 0.241 e. The maximum atomic E-state index is 12.8. The minimum Gasteiger partial charge on any atom is -0.340 e. The van der Waals surface area contributed by atoms with Gasteiger partial charge in [-0.15, -0.1) is 0 Å². The summed E-state index contributed by atoms with van der Waals surface area (Å²) in [5.74, 6) is 0.0724. The lowest BCUT2D eigenvalue weighted by molar-refractivity contribution is -0.131. The van der Waals surface area contributed by atoms with Gasteiger partial charge in [0.05, 0.1) is 6.04 Å². The van der Waals surface area contributed by atoms with E-state index in [4.69, 9.17) is 0 Å². The molecule has 136 valence electrons. The van der Waals surface area contributed by atoms with Crippen LogP contribution in [0, 0.1) is 0 Å². The summed E-state index contributed by atoms with van der Waals surface area (Å²) in [6.07, 6.45) is 0. The van der Waals surface area contributed by atoms with Crippen molar-refractivity contribution in [2.24, 2.45) is 0 Å². The minimum atomic E-state index is -0.243. The molecule has 5 nitrogen and oxygen atoms in total. The van der Waals surface area contributed by atoms with Crippen LogP contribution < -0.4 is 5.32 Å². The molecule has 0 radical (unpaired) electrons. The number of amides is 2. The number of hydrogen-bond donors (Lipinski definition) is 1. The van der Waals surface area contributed by atoms with Gasteiger partial charge in [-0.3, -0.25) is 14.5 Å². The zero-order valence-corrected chi connectivity index (χ0v) is 15.3. The molecule has 2 aromatic carbocycles. The summed E-state index contributed by atoms with van der Waals surface area (Å²) >= 11 is 0. The van der Waals surface area contributed by atoms with Crippen molar-refractivity contribution in [1.29, 1.82) is 0 Å². The number of hydrogen-bond acceptors (Lipinski definition) is 3. The number of nitrogens with zero attached hydrogens (tertiary/aromatic N) is 2. The summed E-state index contributed by atoms with van der Waals surface area (Å²) in [5.41, 5.74) is 2.90. The Morgan fingerprint density at radius 3 is 2.19 bits per heavy atom. The molecule has 26 heavy (non-hydrogen) atoms. The van der Waals surface area contributed by atoms with Gasteiger partial charge in [-0.1, -0.05) is 48.5 Å². The fraction of sp³-hybridized carbons (Fsp3) is 0.333. The topological polar surface area (TPSA) is 52.7 Å². The molecule has 1 aliphatic rings. The van der Waals surface area contributed by atoms with E-state index in [2.05, 4.69) is 10.2 Å². The van der Waals surface area contributed by atoms with Crippen molar-refractivity contribution in [3.05, 3.63) is 54.6 Å². The molecule has 1 aliphatic heterocycles. The molecule has 1 N–H and O–H groups in total. The van der Waals surface area contributed by atoms with Gasteiger partial charge < -0.3 is 10.2 Å². The second kappa shape index (κ2) is 8.15. The summed E-state index contributed by atoms with van der Waals surface area (Å²) in [7, 11) is 0. The molecule has 2 aromatic rings. The SMILES string of the molecule is CC(=O)N1CCN([C@@H](C)C(=O)Nc2ccccc2-c2ccccc2)CC1. The van der Waals surface area contributed by atoms with Gasteiger partial charge in [-0.2, -0.15) is 0 Å². The average Bonchev–Trinajstić information content (AvgIpc) is 2.68. The Balaban J connectivity index is 1.68. The highest BCUT2D eigenvalue weighted by molar-refractivity contribution is 5.98. The molecule has 2 amide bonds. The van der Waals surface area contributed by atoms with Crippen LogP contribution in [0.15, 0.2) is 54.6 Å². The van der Waals surface area contributed by atoms with Crippen molar-refractivity contribution in [2.75, 3.05) is 31.5 Å². The first-order valence-corrected chi connectivity index (χ1v) is 9.01. The van der Waals surface area contributed by atoms with Crippen LogP contribution >= 0.6 is 0 Å². The fourth-order valence-corrected chi connectivity index (χ4v) is 3.29.